The van der Waals surface area contributed by atoms with Crippen LogP contribution in [0, 0.1) is 0 Å². The lowest BCUT2D eigenvalue weighted by atomic mass is 10.1. The number of carbonyl (C=O) groups excluding carboxylic acids is 1. The molecule has 21 heavy (non-hydrogen) atoms. The Morgan fingerprint density at radius 3 is 2.05 bits per heavy atom. The van der Waals surface area contributed by atoms with E-state index >= 15 is 0 Å². The van der Waals surface area contributed by atoms with Crippen LogP contribution in [0.1, 0.15) is 84.0 Å². The molecule has 0 aliphatic heterocycles. The lowest BCUT2D eigenvalue weighted by molar-refractivity contribution is -0.121. The summed E-state index contributed by atoms with van der Waals surface area (Å²) in [5.41, 5.74) is 2.16. The molecule has 0 heterocycles. The lowest BCUT2D eigenvalue weighted by Gasteiger charge is -2.00. The minimum Gasteiger partial charge on any atom is -0.294 e. The van der Waals surface area contributed by atoms with Crippen LogP contribution >= 0.6 is 0 Å². The molecule has 0 radical (unpaired) electrons. The summed E-state index contributed by atoms with van der Waals surface area (Å²) in [6.45, 7) is 2.24. The van der Waals surface area contributed by atoms with Crippen molar-refractivity contribution in [3.8, 4) is 0 Å². The number of hydrogen-bond donors (Lipinski definition) is 2. The zero-order valence-electron chi connectivity index (χ0n) is 13.8. The predicted molar refractivity (Wildman–Crippen MR) is 91.7 cm³/mol. The monoisotopic (exact) mass is 294 g/mol. The molecule has 0 aromatic heterocycles. The molecule has 3 heteroatoms. The number of nitrogens with one attached hydrogen (secondary N) is 1. The third-order valence-electron chi connectivity index (χ3n) is 3.52. The van der Waals surface area contributed by atoms with Crippen molar-refractivity contribution in [2.24, 2.45) is 5.84 Å². The molecular weight excluding hydrogens is 260 g/mol. The first-order valence-electron chi connectivity index (χ1n) is 8.60. The van der Waals surface area contributed by atoms with Crippen LogP contribution in [0.15, 0.2) is 24.3 Å². The Morgan fingerprint density at radius 1 is 0.857 bits per heavy atom. The van der Waals surface area contributed by atoms with Crippen molar-refractivity contribution in [3.05, 3.63) is 24.3 Å². The Morgan fingerprint density at radius 2 is 1.43 bits per heavy atom. The van der Waals surface area contributed by atoms with Crippen LogP contribution in [0.5, 0.6) is 0 Å². The highest BCUT2D eigenvalue weighted by Crippen LogP contribution is 2.08. The van der Waals surface area contributed by atoms with Gasteiger partial charge in [0, 0.05) is 6.42 Å². The Bertz CT molecular complexity index is 285. The molecule has 0 aromatic rings. The van der Waals surface area contributed by atoms with E-state index in [1.807, 2.05) is 0 Å². The van der Waals surface area contributed by atoms with Gasteiger partial charge in [-0.1, -0.05) is 63.3 Å². The molecule has 0 bridgehead atoms. The first-order valence-corrected chi connectivity index (χ1v) is 8.60. The van der Waals surface area contributed by atoms with E-state index in [0.717, 1.165) is 19.3 Å². The highest BCUT2D eigenvalue weighted by molar-refractivity contribution is 5.74. The van der Waals surface area contributed by atoms with E-state index in [2.05, 4.69) is 36.7 Å². The highest BCUT2D eigenvalue weighted by Gasteiger charge is 1.96. The summed E-state index contributed by atoms with van der Waals surface area (Å²) >= 11 is 0. The molecule has 0 rings (SSSR count). The largest absolute Gasteiger partial charge is 0.294 e. The van der Waals surface area contributed by atoms with Crippen molar-refractivity contribution in [2.45, 2.75) is 84.0 Å². The standard InChI is InChI=1S/C18H34N2O/c1-2-3-4-5-6-7-8-9-10-11-12-13-14-15-16-17-18(21)20-19/h6-7,9-10H,2-5,8,11-17,19H2,1H3,(H,20,21)/b7-6-,10-9-. The van der Waals surface area contributed by atoms with Crippen LogP contribution in [0.4, 0.5) is 0 Å². The first-order chi connectivity index (χ1) is 10.3. The van der Waals surface area contributed by atoms with Crippen LogP contribution in [-0.4, -0.2) is 5.91 Å². The SMILES string of the molecule is CCCCC/C=C\C/C=C\CCCCCCCC(=O)NN. The van der Waals surface area contributed by atoms with Gasteiger partial charge >= 0.3 is 0 Å². The first kappa shape index (κ1) is 19.9. The Hall–Kier alpha value is -1.09. The van der Waals surface area contributed by atoms with Crippen molar-refractivity contribution in [2.75, 3.05) is 0 Å². The zero-order chi connectivity index (χ0) is 15.6. The van der Waals surface area contributed by atoms with E-state index in [1.165, 1.54) is 51.4 Å². The van der Waals surface area contributed by atoms with Gasteiger partial charge in [-0.3, -0.25) is 10.2 Å². The fourth-order valence-corrected chi connectivity index (χ4v) is 2.17. The number of amides is 1. The molecule has 3 nitrogen and oxygen atoms in total. The highest BCUT2D eigenvalue weighted by atomic mass is 16.2. The lowest BCUT2D eigenvalue weighted by Crippen LogP contribution is -2.29. The van der Waals surface area contributed by atoms with Gasteiger partial charge in [0.15, 0.2) is 0 Å². The smallest absolute Gasteiger partial charge is 0.233 e. The van der Waals surface area contributed by atoms with Gasteiger partial charge in [-0.2, -0.15) is 0 Å². The molecule has 0 atom stereocenters. The van der Waals surface area contributed by atoms with Crippen LogP contribution in [0.2, 0.25) is 0 Å². The van der Waals surface area contributed by atoms with Crippen molar-refractivity contribution in [1.82, 2.24) is 5.43 Å². The molecule has 0 fully saturated rings. The number of hydrazine groups is 1. The van der Waals surface area contributed by atoms with Crippen molar-refractivity contribution >= 4 is 5.91 Å². The molecule has 1 amide bonds. The fraction of sp³-hybridized carbons (Fsp3) is 0.722. The molecule has 122 valence electrons. The second-order valence-corrected chi connectivity index (χ2v) is 5.55. The average molecular weight is 294 g/mol. The number of nitrogens with two attached hydrogens (primary N) is 1. The minimum absolute atomic E-state index is 0.0549. The predicted octanol–water partition coefficient (Wildman–Crippen LogP) is 4.79. The van der Waals surface area contributed by atoms with Gasteiger partial charge in [-0.25, -0.2) is 5.84 Å². The number of rotatable bonds is 14. The van der Waals surface area contributed by atoms with Gasteiger partial charge in [0.25, 0.3) is 0 Å². The van der Waals surface area contributed by atoms with Crippen LogP contribution in [0.25, 0.3) is 0 Å². The maximum absolute atomic E-state index is 10.9. The van der Waals surface area contributed by atoms with E-state index < -0.39 is 0 Å². The van der Waals surface area contributed by atoms with Crippen molar-refractivity contribution in [3.63, 3.8) is 0 Å². The molecule has 0 saturated carbocycles. The molecular formula is C18H34N2O. The van der Waals surface area contributed by atoms with Gasteiger partial charge in [-0.05, 0) is 38.5 Å². The molecule has 0 saturated heterocycles. The molecule has 0 aromatic carbocycles. The van der Waals surface area contributed by atoms with Crippen molar-refractivity contribution < 1.29 is 4.79 Å². The summed E-state index contributed by atoms with van der Waals surface area (Å²) in [6.07, 6.45) is 22.9. The summed E-state index contributed by atoms with van der Waals surface area (Å²) in [7, 11) is 0. The Balaban J connectivity index is 3.20. The average Bonchev–Trinajstić information content (AvgIpc) is 2.50. The van der Waals surface area contributed by atoms with E-state index in [4.69, 9.17) is 5.84 Å². The Kier molecular flexibility index (Phi) is 16.1. The third kappa shape index (κ3) is 16.9. The number of carbonyl (C=O) groups is 1. The molecule has 0 aliphatic rings. The topological polar surface area (TPSA) is 55.1 Å². The fourth-order valence-electron chi connectivity index (χ4n) is 2.17. The second-order valence-electron chi connectivity index (χ2n) is 5.55. The summed E-state index contributed by atoms with van der Waals surface area (Å²) in [5, 5.41) is 0. The number of unbranched alkanes of at least 4 members (excludes halogenated alkanes) is 8. The molecule has 0 unspecified atom stereocenters. The van der Waals surface area contributed by atoms with Gasteiger partial charge in [0.2, 0.25) is 5.91 Å². The van der Waals surface area contributed by atoms with E-state index in [-0.39, 0.29) is 5.91 Å². The zero-order valence-corrected chi connectivity index (χ0v) is 13.8. The summed E-state index contributed by atoms with van der Waals surface area (Å²) < 4.78 is 0. The van der Waals surface area contributed by atoms with Crippen LogP contribution < -0.4 is 11.3 Å². The van der Waals surface area contributed by atoms with Crippen LogP contribution in [0.3, 0.4) is 0 Å². The second kappa shape index (κ2) is 17.0. The normalized spacial score (nSPS) is 11.5. The summed E-state index contributed by atoms with van der Waals surface area (Å²) in [4.78, 5) is 10.9. The Labute approximate surface area is 131 Å². The van der Waals surface area contributed by atoms with Gasteiger partial charge in [-0.15, -0.1) is 0 Å². The summed E-state index contributed by atoms with van der Waals surface area (Å²) in [6, 6.07) is 0. The molecule has 0 aliphatic carbocycles. The van der Waals surface area contributed by atoms with E-state index in [9.17, 15) is 4.79 Å². The summed E-state index contributed by atoms with van der Waals surface area (Å²) in [5.74, 6) is 4.97. The third-order valence-corrected chi connectivity index (χ3v) is 3.52. The molecule has 3 N–H and O–H groups in total. The van der Waals surface area contributed by atoms with Crippen LogP contribution in [-0.2, 0) is 4.79 Å². The van der Waals surface area contributed by atoms with E-state index in [1.54, 1.807) is 0 Å². The van der Waals surface area contributed by atoms with Crippen molar-refractivity contribution in [1.29, 1.82) is 0 Å². The van der Waals surface area contributed by atoms with Gasteiger partial charge in [0.1, 0.15) is 0 Å². The molecule has 0 spiro atoms. The maximum Gasteiger partial charge on any atom is 0.233 e. The van der Waals surface area contributed by atoms with E-state index in [0.29, 0.717) is 6.42 Å². The minimum atomic E-state index is -0.0549. The van der Waals surface area contributed by atoms with Gasteiger partial charge < -0.3 is 0 Å². The quantitative estimate of drug-likeness (QED) is 0.159. The maximum atomic E-state index is 10.9. The number of hydrogen-bond acceptors (Lipinski definition) is 2. The number of allylic oxidation sites excluding steroid dienone is 4. The van der Waals surface area contributed by atoms with Gasteiger partial charge in [0.05, 0.1) is 0 Å².